The van der Waals surface area contributed by atoms with Crippen molar-refractivity contribution < 1.29 is 19.1 Å². The second-order valence-corrected chi connectivity index (χ2v) is 6.07. The lowest BCUT2D eigenvalue weighted by Gasteiger charge is -2.16. The first kappa shape index (κ1) is 16.0. The number of amides is 1. The van der Waals surface area contributed by atoms with Crippen LogP contribution in [0.2, 0.25) is 0 Å². The average molecular weight is 347 g/mol. The molecule has 0 spiro atoms. The van der Waals surface area contributed by atoms with Crippen LogP contribution in [0, 0.1) is 5.82 Å². The highest BCUT2D eigenvalue weighted by Crippen LogP contribution is 2.36. The minimum absolute atomic E-state index is 0.0297. The molecule has 2 N–H and O–H groups in total. The Balaban J connectivity index is 1.92. The van der Waals surface area contributed by atoms with E-state index in [0.717, 1.165) is 10.8 Å². The van der Waals surface area contributed by atoms with Crippen molar-refractivity contribution in [2.75, 3.05) is 0 Å². The number of aliphatic hydroxyl groups is 1. The van der Waals surface area contributed by atoms with Gasteiger partial charge in [-0.15, -0.1) is 0 Å². The molecule has 3 aromatic carbocycles. The van der Waals surface area contributed by atoms with E-state index in [1.54, 1.807) is 0 Å². The van der Waals surface area contributed by atoms with Gasteiger partial charge in [0.25, 0.3) is 11.7 Å². The van der Waals surface area contributed by atoms with Gasteiger partial charge in [-0.3, -0.25) is 9.59 Å². The zero-order valence-corrected chi connectivity index (χ0v) is 13.6. The Hall–Kier alpha value is -3.47. The zero-order chi connectivity index (χ0) is 18.3. The summed E-state index contributed by atoms with van der Waals surface area (Å²) >= 11 is 0. The number of rotatable bonds is 2. The molecule has 26 heavy (non-hydrogen) atoms. The van der Waals surface area contributed by atoms with Crippen molar-refractivity contribution in [3.63, 3.8) is 0 Å². The molecule has 1 unspecified atom stereocenters. The number of fused-ring (bicyclic) bond motifs is 1. The molecule has 0 radical (unpaired) electrons. The van der Waals surface area contributed by atoms with Crippen molar-refractivity contribution in [1.82, 2.24) is 5.32 Å². The van der Waals surface area contributed by atoms with Crippen LogP contribution in [0.5, 0.6) is 0 Å². The molecule has 5 heteroatoms. The molecule has 128 valence electrons. The maximum Gasteiger partial charge on any atom is 0.293 e. The van der Waals surface area contributed by atoms with Crippen LogP contribution in [0.15, 0.2) is 72.3 Å². The molecule has 1 aliphatic rings. The molecule has 4 nitrogen and oxygen atoms in total. The van der Waals surface area contributed by atoms with Gasteiger partial charge in [0.2, 0.25) is 0 Å². The highest BCUT2D eigenvalue weighted by molar-refractivity contribution is 6.46. The second kappa shape index (κ2) is 6.11. The first-order chi connectivity index (χ1) is 12.6. The Morgan fingerprint density at radius 1 is 0.923 bits per heavy atom. The SMILES string of the molecule is O=C1NC(c2cccc3ccccc23)/C(=C(\O)c2ccc(F)cc2)C1=O. The quantitative estimate of drug-likeness (QED) is 0.422. The van der Waals surface area contributed by atoms with Gasteiger partial charge in [0, 0.05) is 5.56 Å². The van der Waals surface area contributed by atoms with Crippen molar-refractivity contribution in [1.29, 1.82) is 0 Å². The number of ketones is 1. The van der Waals surface area contributed by atoms with E-state index in [1.807, 2.05) is 42.5 Å². The second-order valence-electron chi connectivity index (χ2n) is 6.07. The van der Waals surface area contributed by atoms with E-state index in [4.69, 9.17) is 0 Å². The lowest BCUT2D eigenvalue weighted by Crippen LogP contribution is -2.21. The summed E-state index contributed by atoms with van der Waals surface area (Å²) in [6, 6.07) is 17.5. The third kappa shape index (κ3) is 2.54. The molecule has 1 heterocycles. The van der Waals surface area contributed by atoms with Crippen LogP contribution in [0.1, 0.15) is 17.2 Å². The zero-order valence-electron chi connectivity index (χ0n) is 13.6. The predicted molar refractivity (Wildman–Crippen MR) is 95.8 cm³/mol. The number of hydrogen-bond donors (Lipinski definition) is 2. The fraction of sp³-hybridized carbons (Fsp3) is 0.0476. The molecular formula is C21H14FNO3. The van der Waals surface area contributed by atoms with Gasteiger partial charge in [0.15, 0.2) is 0 Å². The Kier molecular flexibility index (Phi) is 3.77. The average Bonchev–Trinajstić information content (AvgIpc) is 2.96. The third-order valence-corrected chi connectivity index (χ3v) is 4.52. The molecular weight excluding hydrogens is 333 g/mol. The maximum absolute atomic E-state index is 13.2. The van der Waals surface area contributed by atoms with E-state index in [0.29, 0.717) is 5.56 Å². The number of hydrogen-bond acceptors (Lipinski definition) is 3. The molecule has 1 aliphatic heterocycles. The summed E-state index contributed by atoms with van der Waals surface area (Å²) in [4.78, 5) is 24.4. The standard InChI is InChI=1S/C21H14FNO3/c22-14-10-8-13(9-11-14)19(24)17-18(23-21(26)20(17)25)16-7-3-5-12-4-1-2-6-15(12)16/h1-11,18,24H,(H,23,26)/b19-17+. The number of benzene rings is 3. The van der Waals surface area contributed by atoms with E-state index in [1.165, 1.54) is 24.3 Å². The lowest BCUT2D eigenvalue weighted by molar-refractivity contribution is -0.133. The van der Waals surface area contributed by atoms with Gasteiger partial charge in [-0.2, -0.15) is 0 Å². The van der Waals surface area contributed by atoms with E-state index in [-0.39, 0.29) is 16.9 Å². The van der Waals surface area contributed by atoms with Crippen molar-refractivity contribution in [3.8, 4) is 0 Å². The first-order valence-electron chi connectivity index (χ1n) is 8.08. The van der Waals surface area contributed by atoms with Crippen LogP contribution < -0.4 is 5.32 Å². The molecule has 4 rings (SSSR count). The van der Waals surface area contributed by atoms with Gasteiger partial charge >= 0.3 is 0 Å². The smallest absolute Gasteiger partial charge is 0.293 e. The molecule has 0 aromatic heterocycles. The van der Waals surface area contributed by atoms with Gasteiger partial charge < -0.3 is 10.4 Å². The van der Waals surface area contributed by atoms with Crippen LogP contribution in [0.4, 0.5) is 4.39 Å². The number of carbonyl (C=O) groups is 2. The van der Waals surface area contributed by atoms with Crippen LogP contribution in [-0.2, 0) is 9.59 Å². The van der Waals surface area contributed by atoms with Gasteiger partial charge in [0.05, 0.1) is 11.6 Å². The summed E-state index contributed by atoms with van der Waals surface area (Å²) in [7, 11) is 0. The molecule has 0 bridgehead atoms. The molecule has 3 aromatic rings. The fourth-order valence-corrected chi connectivity index (χ4v) is 3.27. The van der Waals surface area contributed by atoms with Gasteiger partial charge in [-0.05, 0) is 40.6 Å². The Bertz CT molecular complexity index is 1060. The summed E-state index contributed by atoms with van der Waals surface area (Å²) in [6.07, 6.45) is 0. The minimum atomic E-state index is -0.787. The highest BCUT2D eigenvalue weighted by atomic mass is 19.1. The number of carbonyl (C=O) groups excluding carboxylic acids is 2. The van der Waals surface area contributed by atoms with Gasteiger partial charge in [-0.1, -0.05) is 42.5 Å². The third-order valence-electron chi connectivity index (χ3n) is 4.52. The van der Waals surface area contributed by atoms with E-state index in [9.17, 15) is 19.1 Å². The monoisotopic (exact) mass is 347 g/mol. The molecule has 1 atom stereocenters. The summed E-state index contributed by atoms with van der Waals surface area (Å²) in [5.41, 5.74) is 0.959. The maximum atomic E-state index is 13.2. The Morgan fingerprint density at radius 2 is 1.62 bits per heavy atom. The Labute approximate surface area is 148 Å². The number of halogens is 1. The number of nitrogens with one attached hydrogen (secondary N) is 1. The molecule has 1 saturated heterocycles. The number of aliphatic hydroxyl groups excluding tert-OH is 1. The molecule has 0 aliphatic carbocycles. The predicted octanol–water partition coefficient (Wildman–Crippen LogP) is 3.69. The fourth-order valence-electron chi connectivity index (χ4n) is 3.27. The van der Waals surface area contributed by atoms with Crippen molar-refractivity contribution in [3.05, 3.63) is 89.2 Å². The number of Topliss-reactive ketones (excluding diaryl/α,β-unsaturated/α-hetero) is 1. The van der Waals surface area contributed by atoms with Crippen molar-refractivity contribution >= 4 is 28.2 Å². The van der Waals surface area contributed by atoms with Crippen molar-refractivity contribution in [2.24, 2.45) is 0 Å². The Morgan fingerprint density at radius 3 is 2.38 bits per heavy atom. The molecule has 0 saturated carbocycles. The minimum Gasteiger partial charge on any atom is -0.507 e. The summed E-state index contributed by atoms with van der Waals surface area (Å²) in [5, 5.41) is 15.1. The molecule has 1 fully saturated rings. The van der Waals surface area contributed by atoms with Crippen molar-refractivity contribution in [2.45, 2.75) is 6.04 Å². The lowest BCUT2D eigenvalue weighted by atomic mass is 9.92. The largest absolute Gasteiger partial charge is 0.507 e. The van der Waals surface area contributed by atoms with Crippen LogP contribution in [0.3, 0.4) is 0 Å². The summed E-state index contributed by atoms with van der Waals surface area (Å²) in [6.45, 7) is 0. The normalized spacial score (nSPS) is 18.9. The topological polar surface area (TPSA) is 66.4 Å². The van der Waals surface area contributed by atoms with E-state index < -0.39 is 23.5 Å². The first-order valence-corrected chi connectivity index (χ1v) is 8.08. The molecule has 1 amide bonds. The van der Waals surface area contributed by atoms with Crippen LogP contribution >= 0.6 is 0 Å². The van der Waals surface area contributed by atoms with Crippen LogP contribution in [0.25, 0.3) is 16.5 Å². The van der Waals surface area contributed by atoms with Gasteiger partial charge in [-0.25, -0.2) is 4.39 Å². The highest BCUT2D eigenvalue weighted by Gasteiger charge is 2.40. The van der Waals surface area contributed by atoms with E-state index >= 15 is 0 Å². The summed E-state index contributed by atoms with van der Waals surface area (Å²) in [5.74, 6) is -2.34. The van der Waals surface area contributed by atoms with Crippen LogP contribution in [-0.4, -0.2) is 16.8 Å². The van der Waals surface area contributed by atoms with Gasteiger partial charge in [0.1, 0.15) is 11.6 Å². The van der Waals surface area contributed by atoms with E-state index in [2.05, 4.69) is 5.32 Å². The summed E-state index contributed by atoms with van der Waals surface area (Å²) < 4.78 is 13.2.